The topological polar surface area (TPSA) is 65.5 Å². The van der Waals surface area contributed by atoms with Crippen molar-refractivity contribution in [2.45, 2.75) is 39.3 Å². The van der Waals surface area contributed by atoms with E-state index >= 15 is 0 Å². The number of benzene rings is 2. The summed E-state index contributed by atoms with van der Waals surface area (Å²) >= 11 is 1.56. The number of aliphatic hydroxyl groups excluding tert-OH is 1. The zero-order chi connectivity index (χ0) is 23.7. The molecular formula is C28H29N3O2S. The van der Waals surface area contributed by atoms with Crippen LogP contribution in [0.2, 0.25) is 0 Å². The van der Waals surface area contributed by atoms with E-state index in [4.69, 9.17) is 4.98 Å². The molecule has 0 radical (unpaired) electrons. The molecule has 6 heteroatoms. The molecule has 0 bridgehead atoms. The Hall–Kier alpha value is -3.06. The summed E-state index contributed by atoms with van der Waals surface area (Å²) in [6, 6.07) is 17.7. The van der Waals surface area contributed by atoms with Crippen LogP contribution < -0.4 is 5.32 Å². The van der Waals surface area contributed by atoms with Crippen molar-refractivity contribution >= 4 is 33.8 Å². The number of thiophene rings is 1. The van der Waals surface area contributed by atoms with E-state index in [0.717, 1.165) is 44.0 Å². The molecule has 1 saturated heterocycles. The maximum Gasteiger partial charge on any atom is 0.255 e. The van der Waals surface area contributed by atoms with Crippen LogP contribution in [0.4, 0.5) is 5.69 Å². The van der Waals surface area contributed by atoms with Gasteiger partial charge in [0.15, 0.2) is 0 Å². The number of hydrogen-bond acceptors (Lipinski definition) is 5. The van der Waals surface area contributed by atoms with Crippen LogP contribution in [-0.4, -0.2) is 34.0 Å². The lowest BCUT2D eigenvalue weighted by Gasteiger charge is -2.15. The number of likely N-dealkylation sites (tertiary alicyclic amines) is 1. The van der Waals surface area contributed by atoms with E-state index in [1.54, 1.807) is 18.3 Å². The monoisotopic (exact) mass is 471 g/mol. The largest absolute Gasteiger partial charge is 0.388 e. The maximum atomic E-state index is 12.9. The fraction of sp³-hybridized carbons (Fsp3) is 0.286. The molecule has 1 atom stereocenters. The average Bonchev–Trinajstić information content (AvgIpc) is 3.54. The van der Waals surface area contributed by atoms with Gasteiger partial charge in [0.25, 0.3) is 5.91 Å². The van der Waals surface area contributed by atoms with E-state index in [0.29, 0.717) is 5.56 Å². The summed E-state index contributed by atoms with van der Waals surface area (Å²) in [5.41, 5.74) is 5.54. The van der Waals surface area contributed by atoms with E-state index < -0.39 is 6.10 Å². The highest BCUT2D eigenvalue weighted by Crippen LogP contribution is 2.32. The van der Waals surface area contributed by atoms with Gasteiger partial charge in [-0.1, -0.05) is 18.2 Å². The number of anilines is 1. The van der Waals surface area contributed by atoms with E-state index in [-0.39, 0.29) is 5.91 Å². The molecule has 4 aromatic rings. The van der Waals surface area contributed by atoms with Gasteiger partial charge in [0.1, 0.15) is 0 Å². The Labute approximate surface area is 204 Å². The second-order valence-corrected chi connectivity index (χ2v) is 10.2. The minimum atomic E-state index is -0.472. The maximum absolute atomic E-state index is 12.9. The van der Waals surface area contributed by atoms with Gasteiger partial charge in [-0.15, -0.1) is 11.3 Å². The predicted molar refractivity (Wildman–Crippen MR) is 139 cm³/mol. The number of carbonyl (C=O) groups excluding carboxylic acids is 1. The summed E-state index contributed by atoms with van der Waals surface area (Å²) in [4.78, 5) is 22.1. The molecule has 0 saturated carbocycles. The first-order chi connectivity index (χ1) is 16.5. The van der Waals surface area contributed by atoms with Crippen molar-refractivity contribution in [3.63, 3.8) is 0 Å². The SMILES string of the molecule is Cc1c(NC(=O)c2ccc(-c3ccc(C(C)O)s3)cc2)ccc2cc(CN3CCCC3)cnc12. The lowest BCUT2D eigenvalue weighted by Crippen LogP contribution is -2.18. The number of aromatic nitrogens is 1. The van der Waals surface area contributed by atoms with Crippen LogP contribution in [0.3, 0.4) is 0 Å². The average molecular weight is 472 g/mol. The van der Waals surface area contributed by atoms with Gasteiger partial charge in [-0.25, -0.2) is 0 Å². The molecule has 1 amide bonds. The number of carbonyl (C=O) groups is 1. The van der Waals surface area contributed by atoms with Crippen LogP contribution >= 0.6 is 11.3 Å². The van der Waals surface area contributed by atoms with Crippen LogP contribution in [0.25, 0.3) is 21.3 Å². The number of fused-ring (bicyclic) bond motifs is 1. The van der Waals surface area contributed by atoms with Crippen molar-refractivity contribution < 1.29 is 9.90 Å². The Morgan fingerprint density at radius 1 is 1.12 bits per heavy atom. The highest BCUT2D eigenvalue weighted by Gasteiger charge is 2.14. The molecule has 34 heavy (non-hydrogen) atoms. The Morgan fingerprint density at radius 3 is 2.59 bits per heavy atom. The van der Waals surface area contributed by atoms with Crippen LogP contribution in [0.5, 0.6) is 0 Å². The minimum absolute atomic E-state index is 0.143. The highest BCUT2D eigenvalue weighted by molar-refractivity contribution is 7.15. The minimum Gasteiger partial charge on any atom is -0.388 e. The van der Waals surface area contributed by atoms with Crippen LogP contribution in [0, 0.1) is 6.92 Å². The molecule has 1 unspecified atom stereocenters. The van der Waals surface area contributed by atoms with Crippen LogP contribution in [-0.2, 0) is 6.54 Å². The van der Waals surface area contributed by atoms with E-state index in [1.165, 1.54) is 31.5 Å². The number of rotatable bonds is 6. The van der Waals surface area contributed by atoms with Crippen molar-refractivity contribution in [1.29, 1.82) is 0 Å². The van der Waals surface area contributed by atoms with Gasteiger partial charge in [0, 0.05) is 39.1 Å². The summed E-state index contributed by atoms with van der Waals surface area (Å²) in [6.07, 6.45) is 4.05. The second kappa shape index (κ2) is 9.66. The molecule has 2 aromatic heterocycles. The number of aliphatic hydroxyl groups is 1. The number of amides is 1. The Bertz CT molecular complexity index is 1320. The quantitative estimate of drug-likeness (QED) is 0.353. The van der Waals surface area contributed by atoms with Gasteiger partial charge in [-0.05, 0) is 92.9 Å². The third-order valence-electron chi connectivity index (χ3n) is 6.49. The number of hydrogen-bond donors (Lipinski definition) is 2. The number of nitrogens with one attached hydrogen (secondary N) is 1. The normalized spacial score (nSPS) is 15.0. The molecule has 0 aliphatic carbocycles. The summed E-state index contributed by atoms with van der Waals surface area (Å²) < 4.78 is 0. The third kappa shape index (κ3) is 4.75. The molecule has 5 rings (SSSR count). The lowest BCUT2D eigenvalue weighted by molar-refractivity contribution is 0.102. The molecule has 1 aliphatic heterocycles. The molecule has 174 valence electrons. The molecular weight excluding hydrogens is 442 g/mol. The van der Waals surface area contributed by atoms with E-state index in [1.807, 2.05) is 61.7 Å². The summed E-state index contributed by atoms with van der Waals surface area (Å²) in [6.45, 7) is 7.05. The zero-order valence-electron chi connectivity index (χ0n) is 19.5. The molecule has 5 nitrogen and oxygen atoms in total. The van der Waals surface area contributed by atoms with Crippen molar-refractivity contribution in [2.24, 2.45) is 0 Å². The van der Waals surface area contributed by atoms with Gasteiger partial charge in [0.2, 0.25) is 0 Å². The molecule has 2 N–H and O–H groups in total. The van der Waals surface area contributed by atoms with Crippen molar-refractivity contribution in [1.82, 2.24) is 9.88 Å². The summed E-state index contributed by atoms with van der Waals surface area (Å²) in [7, 11) is 0. The number of nitrogens with zero attached hydrogens (tertiary/aromatic N) is 2. The Morgan fingerprint density at radius 2 is 1.88 bits per heavy atom. The molecule has 2 aromatic carbocycles. The zero-order valence-corrected chi connectivity index (χ0v) is 20.4. The molecule has 3 heterocycles. The number of pyridine rings is 1. The van der Waals surface area contributed by atoms with Gasteiger partial charge >= 0.3 is 0 Å². The van der Waals surface area contributed by atoms with Gasteiger partial charge in [-0.2, -0.15) is 0 Å². The molecule has 1 fully saturated rings. The fourth-order valence-corrected chi connectivity index (χ4v) is 5.48. The van der Waals surface area contributed by atoms with E-state index in [9.17, 15) is 9.90 Å². The highest BCUT2D eigenvalue weighted by atomic mass is 32.1. The summed E-state index contributed by atoms with van der Waals surface area (Å²) in [5.74, 6) is -0.143. The second-order valence-electron chi connectivity index (χ2n) is 9.05. The standard InChI is InChI=1S/C28H29N3O2S/c1-18-24(10-9-23-15-20(16-29-27(18)23)17-31-13-3-4-14-31)30-28(33)22-7-5-21(6-8-22)26-12-11-25(34-26)19(2)32/h5-12,15-16,19,32H,3-4,13-14,17H2,1-2H3,(H,30,33). The van der Waals surface area contributed by atoms with Gasteiger partial charge < -0.3 is 10.4 Å². The fourth-order valence-electron chi connectivity index (χ4n) is 4.53. The van der Waals surface area contributed by atoms with Gasteiger partial charge in [0.05, 0.1) is 11.6 Å². The van der Waals surface area contributed by atoms with Crippen molar-refractivity contribution in [3.05, 3.63) is 82.4 Å². The Balaban J connectivity index is 1.30. The van der Waals surface area contributed by atoms with Crippen LogP contribution in [0.1, 0.15) is 52.2 Å². The molecule has 0 spiro atoms. The van der Waals surface area contributed by atoms with Crippen molar-refractivity contribution in [3.8, 4) is 10.4 Å². The first kappa shape index (κ1) is 22.7. The third-order valence-corrected chi connectivity index (χ3v) is 7.79. The molecule has 1 aliphatic rings. The first-order valence-electron chi connectivity index (χ1n) is 11.8. The first-order valence-corrected chi connectivity index (χ1v) is 12.6. The Kier molecular flexibility index (Phi) is 6.46. The van der Waals surface area contributed by atoms with Crippen molar-refractivity contribution in [2.75, 3.05) is 18.4 Å². The number of aryl methyl sites for hydroxylation is 1. The lowest BCUT2D eigenvalue weighted by atomic mass is 10.1. The predicted octanol–water partition coefficient (Wildman–Crippen LogP) is 6.17. The smallest absolute Gasteiger partial charge is 0.255 e. The van der Waals surface area contributed by atoms with Crippen LogP contribution in [0.15, 0.2) is 60.8 Å². The van der Waals surface area contributed by atoms with E-state index in [2.05, 4.69) is 16.3 Å². The summed E-state index contributed by atoms with van der Waals surface area (Å²) in [5, 5.41) is 13.9. The van der Waals surface area contributed by atoms with Gasteiger partial charge in [-0.3, -0.25) is 14.7 Å².